The first kappa shape index (κ1) is 8.84. The van der Waals surface area contributed by atoms with E-state index in [0.717, 1.165) is 6.54 Å². The van der Waals surface area contributed by atoms with Gasteiger partial charge in [0.1, 0.15) is 4.34 Å². The molecule has 0 spiro atoms. The van der Waals surface area contributed by atoms with E-state index in [2.05, 4.69) is 4.90 Å². The lowest BCUT2D eigenvalue weighted by atomic mass is 10.4. The molecule has 0 unspecified atom stereocenters. The van der Waals surface area contributed by atoms with Crippen LogP contribution in [0.2, 0.25) is 4.34 Å². The van der Waals surface area contributed by atoms with Crippen LogP contribution in [0.25, 0.3) is 0 Å². The van der Waals surface area contributed by atoms with Crippen LogP contribution in [0.15, 0.2) is 6.07 Å². The number of anilines is 1. The molecule has 2 nitrogen and oxygen atoms in total. The van der Waals surface area contributed by atoms with Crippen LogP contribution in [-0.4, -0.2) is 19.0 Å². The highest BCUT2D eigenvalue weighted by molar-refractivity contribution is 7.16. The molecule has 0 atom stereocenters. The maximum absolute atomic E-state index is 5.79. The zero-order chi connectivity index (χ0) is 8.43. The van der Waals surface area contributed by atoms with Crippen LogP contribution < -0.4 is 5.73 Å². The van der Waals surface area contributed by atoms with Gasteiger partial charge in [0, 0.05) is 11.4 Å². The van der Waals surface area contributed by atoms with E-state index < -0.39 is 0 Å². The third-order valence-electron chi connectivity index (χ3n) is 1.24. The minimum atomic E-state index is 0.688. The van der Waals surface area contributed by atoms with E-state index in [1.54, 1.807) is 11.3 Å². The first-order valence-corrected chi connectivity index (χ1v) is 4.47. The first-order chi connectivity index (χ1) is 5.09. The fourth-order valence-electron chi connectivity index (χ4n) is 0.823. The molecule has 0 fully saturated rings. The van der Waals surface area contributed by atoms with Crippen LogP contribution in [0.4, 0.5) is 5.69 Å². The van der Waals surface area contributed by atoms with Crippen molar-refractivity contribution in [3.05, 3.63) is 15.3 Å². The second kappa shape index (κ2) is 3.43. The molecule has 11 heavy (non-hydrogen) atoms. The largest absolute Gasteiger partial charge is 0.397 e. The predicted octanol–water partition coefficient (Wildman–Crippen LogP) is 2.05. The third-order valence-corrected chi connectivity index (χ3v) is 2.61. The summed E-state index contributed by atoms with van der Waals surface area (Å²) >= 11 is 7.33. The van der Waals surface area contributed by atoms with Crippen LogP contribution >= 0.6 is 22.9 Å². The van der Waals surface area contributed by atoms with Gasteiger partial charge in [-0.25, -0.2) is 0 Å². The maximum Gasteiger partial charge on any atom is 0.116 e. The molecule has 0 aromatic carbocycles. The summed E-state index contributed by atoms with van der Waals surface area (Å²) in [6.45, 7) is 0.904. The molecule has 4 heteroatoms. The number of hydrogen-bond donors (Lipinski definition) is 1. The summed E-state index contributed by atoms with van der Waals surface area (Å²) in [5.41, 5.74) is 6.26. The average Bonchev–Trinajstić information content (AvgIpc) is 2.10. The highest BCUT2D eigenvalue weighted by atomic mass is 35.5. The van der Waals surface area contributed by atoms with E-state index in [-0.39, 0.29) is 0 Å². The van der Waals surface area contributed by atoms with Crippen LogP contribution in [0.3, 0.4) is 0 Å². The van der Waals surface area contributed by atoms with Gasteiger partial charge in [-0.1, -0.05) is 11.6 Å². The summed E-state index contributed by atoms with van der Waals surface area (Å²) in [4.78, 5) is 3.29. The molecule has 0 saturated carbocycles. The Kier molecular flexibility index (Phi) is 2.76. The summed E-state index contributed by atoms with van der Waals surface area (Å²) in [6, 6.07) is 1.92. The molecule has 0 amide bonds. The Labute approximate surface area is 75.6 Å². The molecule has 62 valence electrons. The smallest absolute Gasteiger partial charge is 0.116 e. The molecule has 0 aliphatic carbocycles. The Hall–Kier alpha value is -0.250. The van der Waals surface area contributed by atoms with E-state index in [4.69, 9.17) is 17.3 Å². The highest BCUT2D eigenvalue weighted by Crippen LogP contribution is 2.29. The normalized spacial score (nSPS) is 10.9. The summed E-state index contributed by atoms with van der Waals surface area (Å²) in [6.07, 6.45) is 0. The second-order valence-electron chi connectivity index (χ2n) is 2.68. The van der Waals surface area contributed by atoms with Crippen molar-refractivity contribution in [1.29, 1.82) is 0 Å². The highest BCUT2D eigenvalue weighted by Gasteiger charge is 2.03. The lowest BCUT2D eigenvalue weighted by Gasteiger charge is -2.05. The van der Waals surface area contributed by atoms with Gasteiger partial charge in [-0.05, 0) is 20.2 Å². The number of nitrogens with two attached hydrogens (primary N) is 1. The minimum absolute atomic E-state index is 0.688. The molecule has 0 aliphatic rings. The van der Waals surface area contributed by atoms with Crippen molar-refractivity contribution >= 4 is 28.6 Å². The van der Waals surface area contributed by atoms with Gasteiger partial charge in [-0.15, -0.1) is 11.3 Å². The van der Waals surface area contributed by atoms with Gasteiger partial charge in [0.2, 0.25) is 0 Å². The Morgan fingerprint density at radius 3 is 2.64 bits per heavy atom. The fraction of sp³-hybridized carbons (Fsp3) is 0.429. The van der Waals surface area contributed by atoms with Crippen LogP contribution in [-0.2, 0) is 6.54 Å². The topological polar surface area (TPSA) is 29.3 Å². The van der Waals surface area contributed by atoms with Gasteiger partial charge >= 0.3 is 0 Å². The maximum atomic E-state index is 5.79. The molecular weight excluding hydrogens is 180 g/mol. The number of nitrogens with zero attached hydrogens (tertiary/aromatic N) is 1. The van der Waals surface area contributed by atoms with Gasteiger partial charge in [0.05, 0.1) is 5.69 Å². The number of nitrogen functional groups attached to an aromatic ring is 1. The van der Waals surface area contributed by atoms with E-state index in [0.29, 0.717) is 10.0 Å². The third kappa shape index (κ3) is 2.36. The van der Waals surface area contributed by atoms with Gasteiger partial charge in [0.25, 0.3) is 0 Å². The van der Waals surface area contributed by atoms with E-state index in [1.807, 2.05) is 20.2 Å². The van der Waals surface area contributed by atoms with Gasteiger partial charge in [-0.3, -0.25) is 0 Å². The average molecular weight is 191 g/mol. The first-order valence-electron chi connectivity index (χ1n) is 3.28. The van der Waals surface area contributed by atoms with Crippen molar-refractivity contribution < 1.29 is 0 Å². The molecule has 0 aliphatic heterocycles. The standard InChI is InChI=1S/C7H11ClN2S/c1-10(2)4-5-3-6(9)7(8)11-5/h3H,4,9H2,1-2H3. The Morgan fingerprint density at radius 1 is 1.64 bits per heavy atom. The zero-order valence-electron chi connectivity index (χ0n) is 6.60. The lowest BCUT2D eigenvalue weighted by molar-refractivity contribution is 0.406. The van der Waals surface area contributed by atoms with E-state index >= 15 is 0 Å². The molecule has 0 radical (unpaired) electrons. The zero-order valence-corrected chi connectivity index (χ0v) is 8.17. The lowest BCUT2D eigenvalue weighted by Crippen LogP contribution is -2.09. The number of thiophene rings is 1. The summed E-state index contributed by atoms with van der Waals surface area (Å²) in [7, 11) is 4.04. The van der Waals surface area contributed by atoms with Crippen LogP contribution in [0.1, 0.15) is 4.88 Å². The van der Waals surface area contributed by atoms with Crippen molar-refractivity contribution in [3.8, 4) is 0 Å². The molecule has 1 heterocycles. The molecule has 0 saturated heterocycles. The van der Waals surface area contributed by atoms with Crippen molar-refractivity contribution in [2.24, 2.45) is 0 Å². The van der Waals surface area contributed by atoms with Crippen molar-refractivity contribution in [3.63, 3.8) is 0 Å². The van der Waals surface area contributed by atoms with Crippen molar-refractivity contribution in [2.45, 2.75) is 6.54 Å². The monoisotopic (exact) mass is 190 g/mol. The molecule has 1 aromatic heterocycles. The summed E-state index contributed by atoms with van der Waals surface area (Å²) in [5.74, 6) is 0. The van der Waals surface area contributed by atoms with E-state index in [9.17, 15) is 0 Å². The quantitative estimate of drug-likeness (QED) is 0.774. The minimum Gasteiger partial charge on any atom is -0.397 e. The molecule has 2 N–H and O–H groups in total. The van der Waals surface area contributed by atoms with Gasteiger partial charge in [0.15, 0.2) is 0 Å². The molecular formula is C7H11ClN2S. The fourth-order valence-corrected chi connectivity index (χ4v) is 2.09. The summed E-state index contributed by atoms with van der Waals surface area (Å²) in [5, 5.41) is 0. The SMILES string of the molecule is CN(C)Cc1cc(N)c(Cl)s1. The summed E-state index contributed by atoms with van der Waals surface area (Å²) < 4.78 is 0.696. The molecule has 1 aromatic rings. The van der Waals surface area contributed by atoms with Crippen LogP contribution in [0, 0.1) is 0 Å². The Morgan fingerprint density at radius 2 is 2.27 bits per heavy atom. The molecule has 1 rings (SSSR count). The van der Waals surface area contributed by atoms with Crippen LogP contribution in [0.5, 0.6) is 0 Å². The number of hydrogen-bond acceptors (Lipinski definition) is 3. The molecule has 0 bridgehead atoms. The van der Waals surface area contributed by atoms with Crippen molar-refractivity contribution in [2.75, 3.05) is 19.8 Å². The van der Waals surface area contributed by atoms with Gasteiger partial charge < -0.3 is 10.6 Å². The Balaban J connectivity index is 2.73. The van der Waals surface area contributed by atoms with Gasteiger partial charge in [-0.2, -0.15) is 0 Å². The number of halogens is 1. The number of rotatable bonds is 2. The second-order valence-corrected chi connectivity index (χ2v) is 4.42. The Bertz CT molecular complexity index is 225. The van der Waals surface area contributed by atoms with E-state index in [1.165, 1.54) is 4.88 Å². The van der Waals surface area contributed by atoms with Crippen molar-refractivity contribution in [1.82, 2.24) is 4.90 Å². The predicted molar refractivity (Wildman–Crippen MR) is 51.1 cm³/mol.